The van der Waals surface area contributed by atoms with Gasteiger partial charge in [0.15, 0.2) is 0 Å². The highest BCUT2D eigenvalue weighted by Gasteiger charge is 2.17. The Morgan fingerprint density at radius 3 is 2.54 bits per heavy atom. The Labute approximate surface area is 78.7 Å². The Hall–Kier alpha value is -1.03. The van der Waals surface area contributed by atoms with Crippen molar-refractivity contribution >= 4 is 0 Å². The molecule has 2 N–H and O–H groups in total. The van der Waals surface area contributed by atoms with E-state index in [-0.39, 0.29) is 0 Å². The lowest BCUT2D eigenvalue weighted by Crippen LogP contribution is -2.02. The van der Waals surface area contributed by atoms with Gasteiger partial charge in [-0.15, -0.1) is 0 Å². The molecule has 0 aliphatic heterocycles. The summed E-state index contributed by atoms with van der Waals surface area (Å²) in [4.78, 5) is 0. The molecule has 0 amide bonds. The van der Waals surface area contributed by atoms with Crippen LogP contribution in [0.5, 0.6) is 5.88 Å². The van der Waals surface area contributed by atoms with E-state index in [1.54, 1.807) is 11.8 Å². The lowest BCUT2D eigenvalue weighted by Gasteiger charge is -2.04. The molecule has 0 radical (unpaired) electrons. The minimum absolute atomic E-state index is 0.383. The Morgan fingerprint density at radius 2 is 2.15 bits per heavy atom. The van der Waals surface area contributed by atoms with Crippen molar-refractivity contribution in [3.05, 3.63) is 11.3 Å². The van der Waals surface area contributed by atoms with E-state index in [0.717, 1.165) is 17.1 Å². The minimum Gasteiger partial charge on any atom is -0.481 e. The molecule has 4 nitrogen and oxygen atoms in total. The van der Waals surface area contributed by atoms with Gasteiger partial charge in [0.05, 0.1) is 18.4 Å². The van der Waals surface area contributed by atoms with Crippen LogP contribution in [-0.2, 0) is 13.6 Å². The van der Waals surface area contributed by atoms with Crippen LogP contribution in [0.4, 0.5) is 0 Å². The molecule has 0 aromatic carbocycles. The molecule has 1 aromatic heterocycles. The lowest BCUT2D eigenvalue weighted by molar-refractivity contribution is 0.369. The molecule has 0 aliphatic rings. The maximum absolute atomic E-state index is 5.64. The lowest BCUT2D eigenvalue weighted by atomic mass is 10.1. The van der Waals surface area contributed by atoms with E-state index >= 15 is 0 Å². The van der Waals surface area contributed by atoms with Crippen molar-refractivity contribution in [1.82, 2.24) is 9.78 Å². The molecule has 74 valence electrons. The van der Waals surface area contributed by atoms with Crippen LogP contribution in [0.3, 0.4) is 0 Å². The number of hydrogen-bond donors (Lipinski definition) is 1. The zero-order chi connectivity index (χ0) is 10.0. The number of rotatable bonds is 3. The van der Waals surface area contributed by atoms with Crippen LogP contribution in [-0.4, -0.2) is 16.9 Å². The van der Waals surface area contributed by atoms with Crippen LogP contribution in [0.1, 0.15) is 31.0 Å². The molecular formula is C9H17N3O. The van der Waals surface area contributed by atoms with E-state index in [4.69, 9.17) is 10.5 Å². The third-order valence-corrected chi connectivity index (χ3v) is 2.06. The summed E-state index contributed by atoms with van der Waals surface area (Å²) in [5, 5.41) is 4.36. The molecule has 0 atom stereocenters. The number of aromatic nitrogens is 2. The molecule has 4 heteroatoms. The van der Waals surface area contributed by atoms with Gasteiger partial charge >= 0.3 is 0 Å². The fourth-order valence-corrected chi connectivity index (χ4v) is 1.48. The number of methoxy groups -OCH3 is 1. The summed E-state index contributed by atoms with van der Waals surface area (Å²) in [6, 6.07) is 0. The molecule has 0 fully saturated rings. The second kappa shape index (κ2) is 3.79. The summed E-state index contributed by atoms with van der Waals surface area (Å²) >= 11 is 0. The Balaban J connectivity index is 3.21. The summed E-state index contributed by atoms with van der Waals surface area (Å²) in [7, 11) is 3.50. The summed E-state index contributed by atoms with van der Waals surface area (Å²) in [6.45, 7) is 4.67. The number of hydrogen-bond acceptors (Lipinski definition) is 3. The van der Waals surface area contributed by atoms with Gasteiger partial charge in [0.1, 0.15) is 0 Å². The van der Waals surface area contributed by atoms with Gasteiger partial charge in [0.25, 0.3) is 0 Å². The monoisotopic (exact) mass is 183 g/mol. The number of nitrogens with two attached hydrogens (primary N) is 1. The highest BCUT2D eigenvalue weighted by molar-refractivity contribution is 5.33. The molecule has 0 saturated carbocycles. The second-order valence-corrected chi connectivity index (χ2v) is 3.36. The van der Waals surface area contributed by atoms with Crippen LogP contribution in [0, 0.1) is 0 Å². The molecule has 0 unspecified atom stereocenters. The van der Waals surface area contributed by atoms with E-state index in [1.165, 1.54) is 0 Å². The Bertz CT molecular complexity index is 291. The van der Waals surface area contributed by atoms with Crippen LogP contribution in [0.25, 0.3) is 0 Å². The molecular weight excluding hydrogens is 166 g/mol. The van der Waals surface area contributed by atoms with Gasteiger partial charge in [-0.1, -0.05) is 13.8 Å². The molecule has 1 rings (SSSR count). The maximum Gasteiger partial charge on any atom is 0.216 e. The summed E-state index contributed by atoms with van der Waals surface area (Å²) in [6.07, 6.45) is 0. The van der Waals surface area contributed by atoms with Crippen molar-refractivity contribution in [2.45, 2.75) is 26.3 Å². The van der Waals surface area contributed by atoms with Crippen LogP contribution in [0.15, 0.2) is 0 Å². The highest BCUT2D eigenvalue weighted by Crippen LogP contribution is 2.26. The SMILES string of the molecule is COc1c(CN)c(C(C)C)nn1C. The van der Waals surface area contributed by atoms with Crippen molar-refractivity contribution in [3.8, 4) is 5.88 Å². The van der Waals surface area contributed by atoms with Crippen LogP contribution >= 0.6 is 0 Å². The van der Waals surface area contributed by atoms with Gasteiger partial charge in [-0.05, 0) is 5.92 Å². The fourth-order valence-electron chi connectivity index (χ4n) is 1.48. The molecule has 0 spiro atoms. The molecule has 0 bridgehead atoms. The summed E-state index contributed by atoms with van der Waals surface area (Å²) < 4.78 is 6.95. The first-order valence-electron chi connectivity index (χ1n) is 4.41. The van der Waals surface area contributed by atoms with E-state index in [1.807, 2.05) is 7.05 Å². The van der Waals surface area contributed by atoms with Gasteiger partial charge in [0, 0.05) is 13.6 Å². The third kappa shape index (κ3) is 1.67. The van der Waals surface area contributed by atoms with Gasteiger partial charge < -0.3 is 10.5 Å². The second-order valence-electron chi connectivity index (χ2n) is 3.36. The summed E-state index contributed by atoms with van der Waals surface area (Å²) in [5.74, 6) is 1.15. The number of nitrogens with zero attached hydrogens (tertiary/aromatic N) is 2. The average Bonchev–Trinajstić information content (AvgIpc) is 2.41. The van der Waals surface area contributed by atoms with E-state index in [2.05, 4.69) is 18.9 Å². The first kappa shape index (κ1) is 10.1. The number of aryl methyl sites for hydroxylation is 1. The first-order valence-corrected chi connectivity index (χ1v) is 4.41. The largest absolute Gasteiger partial charge is 0.481 e. The van der Waals surface area contributed by atoms with Crippen molar-refractivity contribution in [3.63, 3.8) is 0 Å². The predicted molar refractivity (Wildman–Crippen MR) is 51.7 cm³/mol. The zero-order valence-corrected chi connectivity index (χ0v) is 8.66. The maximum atomic E-state index is 5.64. The van der Waals surface area contributed by atoms with Gasteiger partial charge in [-0.2, -0.15) is 5.10 Å². The highest BCUT2D eigenvalue weighted by atomic mass is 16.5. The molecule has 13 heavy (non-hydrogen) atoms. The summed E-state index contributed by atoms with van der Waals surface area (Å²) in [5.41, 5.74) is 7.69. The average molecular weight is 183 g/mol. The third-order valence-electron chi connectivity index (χ3n) is 2.06. The van der Waals surface area contributed by atoms with Gasteiger partial charge in [-0.25, -0.2) is 4.68 Å². The van der Waals surface area contributed by atoms with Gasteiger partial charge in [-0.3, -0.25) is 0 Å². The normalized spacial score (nSPS) is 10.9. The minimum atomic E-state index is 0.383. The van der Waals surface area contributed by atoms with Crippen LogP contribution in [0.2, 0.25) is 0 Å². The van der Waals surface area contributed by atoms with Crippen molar-refractivity contribution in [2.24, 2.45) is 12.8 Å². The van der Waals surface area contributed by atoms with Crippen LogP contribution < -0.4 is 10.5 Å². The molecule has 1 aromatic rings. The van der Waals surface area contributed by atoms with Gasteiger partial charge in [0.2, 0.25) is 5.88 Å². The Morgan fingerprint density at radius 1 is 1.54 bits per heavy atom. The van der Waals surface area contributed by atoms with E-state index < -0.39 is 0 Å². The molecule has 1 heterocycles. The Kier molecular flexibility index (Phi) is 2.93. The number of ether oxygens (including phenoxy) is 1. The fraction of sp³-hybridized carbons (Fsp3) is 0.667. The zero-order valence-electron chi connectivity index (χ0n) is 8.66. The predicted octanol–water partition coefficient (Wildman–Crippen LogP) is 1.01. The van der Waals surface area contributed by atoms with Crippen molar-refractivity contribution < 1.29 is 4.74 Å². The standard InChI is InChI=1S/C9H17N3O/c1-6(2)8-7(5-10)9(13-4)12(3)11-8/h6H,5,10H2,1-4H3. The first-order chi connectivity index (χ1) is 6.11. The molecule has 0 aliphatic carbocycles. The smallest absolute Gasteiger partial charge is 0.216 e. The quantitative estimate of drug-likeness (QED) is 0.761. The topological polar surface area (TPSA) is 53.1 Å². The van der Waals surface area contributed by atoms with Crippen molar-refractivity contribution in [1.29, 1.82) is 0 Å². The molecule has 0 saturated heterocycles. The van der Waals surface area contributed by atoms with E-state index in [0.29, 0.717) is 12.5 Å². The van der Waals surface area contributed by atoms with Crippen molar-refractivity contribution in [2.75, 3.05) is 7.11 Å². The van der Waals surface area contributed by atoms with E-state index in [9.17, 15) is 0 Å².